The average Bonchev–Trinajstić information content (AvgIpc) is 2.71. The molecule has 0 spiro atoms. The van der Waals surface area contributed by atoms with E-state index in [1.165, 1.54) is 25.7 Å². The van der Waals surface area contributed by atoms with Crippen molar-refractivity contribution >= 4 is 0 Å². The van der Waals surface area contributed by atoms with Crippen molar-refractivity contribution in [2.45, 2.75) is 51.6 Å². The Morgan fingerprint density at radius 3 is 2.67 bits per heavy atom. The van der Waals surface area contributed by atoms with Gasteiger partial charge in [0.2, 0.25) is 5.88 Å². The van der Waals surface area contributed by atoms with Crippen molar-refractivity contribution in [3.8, 4) is 5.88 Å². The van der Waals surface area contributed by atoms with Gasteiger partial charge in [-0.1, -0.05) is 19.9 Å². The van der Waals surface area contributed by atoms with Gasteiger partial charge in [-0.3, -0.25) is 0 Å². The van der Waals surface area contributed by atoms with Crippen molar-refractivity contribution in [1.82, 2.24) is 4.98 Å². The molecule has 0 saturated heterocycles. The van der Waals surface area contributed by atoms with Gasteiger partial charge in [-0.2, -0.15) is 0 Å². The zero-order valence-corrected chi connectivity index (χ0v) is 9.57. The first-order chi connectivity index (χ1) is 7.25. The summed E-state index contributed by atoms with van der Waals surface area (Å²) in [7, 11) is 0. The molecule has 2 heteroatoms. The van der Waals surface area contributed by atoms with E-state index in [1.807, 2.05) is 12.1 Å². The molecular formula is C13H19NO. The Morgan fingerprint density at radius 2 is 2.00 bits per heavy atom. The van der Waals surface area contributed by atoms with Gasteiger partial charge in [0.05, 0.1) is 0 Å². The minimum atomic E-state index is 0.403. The van der Waals surface area contributed by atoms with E-state index in [1.54, 1.807) is 0 Å². The number of rotatable bonds is 3. The Morgan fingerprint density at radius 1 is 1.27 bits per heavy atom. The number of aromatic nitrogens is 1. The maximum Gasteiger partial charge on any atom is 0.213 e. The first-order valence-electron chi connectivity index (χ1n) is 5.89. The molecule has 1 fully saturated rings. The smallest absolute Gasteiger partial charge is 0.213 e. The molecule has 1 heterocycles. The highest BCUT2D eigenvalue weighted by Gasteiger charge is 2.17. The van der Waals surface area contributed by atoms with Crippen molar-refractivity contribution in [2.24, 2.45) is 0 Å². The largest absolute Gasteiger partial charge is 0.474 e. The van der Waals surface area contributed by atoms with Gasteiger partial charge >= 0.3 is 0 Å². The summed E-state index contributed by atoms with van der Waals surface area (Å²) in [6.45, 7) is 4.31. The molecule has 1 saturated carbocycles. The highest BCUT2D eigenvalue weighted by Crippen LogP contribution is 2.23. The van der Waals surface area contributed by atoms with Gasteiger partial charge in [-0.05, 0) is 37.7 Å². The molecule has 0 radical (unpaired) electrons. The zero-order chi connectivity index (χ0) is 10.7. The molecule has 1 aromatic heterocycles. The summed E-state index contributed by atoms with van der Waals surface area (Å²) in [5, 5.41) is 0. The van der Waals surface area contributed by atoms with Crippen LogP contribution in [0.5, 0.6) is 5.88 Å². The monoisotopic (exact) mass is 205 g/mol. The van der Waals surface area contributed by atoms with Crippen LogP contribution >= 0.6 is 0 Å². The molecule has 0 unspecified atom stereocenters. The second-order valence-corrected chi connectivity index (χ2v) is 4.58. The maximum absolute atomic E-state index is 5.86. The van der Waals surface area contributed by atoms with Gasteiger partial charge in [0.1, 0.15) is 6.10 Å². The minimum Gasteiger partial charge on any atom is -0.474 e. The quantitative estimate of drug-likeness (QED) is 0.753. The van der Waals surface area contributed by atoms with Crippen molar-refractivity contribution in [3.63, 3.8) is 0 Å². The van der Waals surface area contributed by atoms with Gasteiger partial charge in [0, 0.05) is 11.8 Å². The summed E-state index contributed by atoms with van der Waals surface area (Å²) >= 11 is 0. The predicted octanol–water partition coefficient (Wildman–Crippen LogP) is 3.53. The first kappa shape index (κ1) is 10.5. The van der Waals surface area contributed by atoms with Crippen LogP contribution in [0.25, 0.3) is 0 Å². The van der Waals surface area contributed by atoms with E-state index < -0.39 is 0 Å². The van der Waals surface area contributed by atoms with Crippen molar-refractivity contribution < 1.29 is 4.74 Å². The summed E-state index contributed by atoms with van der Waals surface area (Å²) in [5.74, 6) is 1.27. The summed E-state index contributed by atoms with van der Waals surface area (Å²) < 4.78 is 5.86. The van der Waals surface area contributed by atoms with Crippen molar-refractivity contribution in [2.75, 3.05) is 0 Å². The van der Waals surface area contributed by atoms with Crippen LogP contribution < -0.4 is 4.74 Å². The molecule has 82 valence electrons. The molecule has 0 atom stereocenters. The lowest BCUT2D eigenvalue weighted by molar-refractivity contribution is 0.201. The number of pyridine rings is 1. The van der Waals surface area contributed by atoms with Crippen molar-refractivity contribution in [1.29, 1.82) is 0 Å². The molecule has 2 rings (SSSR count). The van der Waals surface area contributed by atoms with Crippen LogP contribution in [0.4, 0.5) is 0 Å². The third kappa shape index (κ3) is 2.71. The van der Waals surface area contributed by atoms with E-state index in [0.29, 0.717) is 12.0 Å². The highest BCUT2D eigenvalue weighted by molar-refractivity contribution is 5.18. The SMILES string of the molecule is CC(C)c1cccc(OC2CCCC2)n1. The first-order valence-corrected chi connectivity index (χ1v) is 5.89. The summed E-state index contributed by atoms with van der Waals surface area (Å²) in [5.41, 5.74) is 1.12. The lowest BCUT2D eigenvalue weighted by Crippen LogP contribution is -2.12. The van der Waals surface area contributed by atoms with Gasteiger partial charge in [0.25, 0.3) is 0 Å². The minimum absolute atomic E-state index is 0.403. The predicted molar refractivity (Wildman–Crippen MR) is 61.2 cm³/mol. The molecule has 0 amide bonds. The summed E-state index contributed by atoms with van der Waals surface area (Å²) in [6.07, 6.45) is 5.38. The Labute approximate surface area is 91.7 Å². The second kappa shape index (κ2) is 4.65. The average molecular weight is 205 g/mol. The van der Waals surface area contributed by atoms with E-state index in [9.17, 15) is 0 Å². The normalized spacial score (nSPS) is 17.3. The molecule has 1 aliphatic rings. The lowest BCUT2D eigenvalue weighted by Gasteiger charge is -2.13. The zero-order valence-electron chi connectivity index (χ0n) is 9.57. The molecule has 1 aliphatic carbocycles. The molecule has 0 bridgehead atoms. The lowest BCUT2D eigenvalue weighted by atomic mass is 10.1. The maximum atomic E-state index is 5.86. The number of nitrogens with zero attached hydrogens (tertiary/aromatic N) is 1. The Kier molecular flexibility index (Phi) is 3.24. The van der Waals surface area contributed by atoms with Crippen LogP contribution in [0.15, 0.2) is 18.2 Å². The fraction of sp³-hybridized carbons (Fsp3) is 0.615. The molecule has 0 aliphatic heterocycles. The number of hydrogen-bond donors (Lipinski definition) is 0. The summed E-state index contributed by atoms with van der Waals surface area (Å²) in [6, 6.07) is 6.06. The van der Waals surface area contributed by atoms with Gasteiger partial charge in [0.15, 0.2) is 0 Å². The highest BCUT2D eigenvalue weighted by atomic mass is 16.5. The van der Waals surface area contributed by atoms with Crippen LogP contribution in [-0.2, 0) is 0 Å². The standard InChI is InChI=1S/C13H19NO/c1-10(2)12-8-5-9-13(14-12)15-11-6-3-4-7-11/h5,8-11H,3-4,6-7H2,1-2H3. The Hall–Kier alpha value is -1.05. The van der Waals surface area contributed by atoms with Gasteiger partial charge in [-0.15, -0.1) is 0 Å². The van der Waals surface area contributed by atoms with Crippen LogP contribution in [0.2, 0.25) is 0 Å². The third-order valence-corrected chi connectivity index (χ3v) is 2.93. The van der Waals surface area contributed by atoms with Gasteiger partial charge in [-0.25, -0.2) is 4.98 Å². The van der Waals surface area contributed by atoms with E-state index in [-0.39, 0.29) is 0 Å². The number of hydrogen-bond acceptors (Lipinski definition) is 2. The molecular weight excluding hydrogens is 186 g/mol. The number of ether oxygens (including phenoxy) is 1. The molecule has 1 aromatic rings. The van der Waals surface area contributed by atoms with E-state index in [4.69, 9.17) is 4.74 Å². The van der Waals surface area contributed by atoms with Crippen LogP contribution in [0.3, 0.4) is 0 Å². The second-order valence-electron chi connectivity index (χ2n) is 4.58. The van der Waals surface area contributed by atoms with E-state index in [0.717, 1.165) is 11.6 Å². The fourth-order valence-corrected chi connectivity index (χ4v) is 1.99. The molecule has 0 aromatic carbocycles. The third-order valence-electron chi connectivity index (χ3n) is 2.93. The van der Waals surface area contributed by atoms with E-state index in [2.05, 4.69) is 24.9 Å². The van der Waals surface area contributed by atoms with Gasteiger partial charge < -0.3 is 4.74 Å². The molecule has 0 N–H and O–H groups in total. The summed E-state index contributed by atoms with van der Waals surface area (Å²) in [4.78, 5) is 4.51. The van der Waals surface area contributed by atoms with Crippen molar-refractivity contribution in [3.05, 3.63) is 23.9 Å². The Balaban J connectivity index is 2.04. The molecule has 2 nitrogen and oxygen atoms in total. The van der Waals surface area contributed by atoms with Crippen LogP contribution in [-0.4, -0.2) is 11.1 Å². The van der Waals surface area contributed by atoms with Crippen LogP contribution in [0.1, 0.15) is 51.1 Å². The van der Waals surface area contributed by atoms with E-state index >= 15 is 0 Å². The fourth-order valence-electron chi connectivity index (χ4n) is 1.99. The Bertz CT molecular complexity index is 316. The topological polar surface area (TPSA) is 22.1 Å². The molecule has 15 heavy (non-hydrogen) atoms. The van der Waals surface area contributed by atoms with Crippen LogP contribution in [0, 0.1) is 0 Å².